The maximum Gasteiger partial charge on any atom is 0.160 e. The lowest BCUT2D eigenvalue weighted by Gasteiger charge is -2.13. The van der Waals surface area contributed by atoms with E-state index in [1.807, 2.05) is 0 Å². The van der Waals surface area contributed by atoms with Crippen molar-refractivity contribution in [2.24, 2.45) is 0 Å². The van der Waals surface area contributed by atoms with Gasteiger partial charge in [0.05, 0.1) is 27.8 Å². The van der Waals surface area contributed by atoms with E-state index in [9.17, 15) is 0 Å². The molecule has 3 heteroatoms. The molecule has 0 aliphatic heterocycles. The molecule has 0 aliphatic rings. The molecule has 0 amide bonds. The maximum atomic E-state index is 6.81. The molecule has 0 atom stereocenters. The van der Waals surface area contributed by atoms with E-state index in [0.29, 0.717) is 0 Å². The number of rotatable bonds is 4. The van der Waals surface area contributed by atoms with Gasteiger partial charge in [0.15, 0.2) is 5.58 Å². The largest absolute Gasteiger partial charge is 0.454 e. The summed E-state index contributed by atoms with van der Waals surface area (Å²) in [6.07, 6.45) is 0. The van der Waals surface area contributed by atoms with E-state index in [0.717, 1.165) is 44.3 Å². The number of hydrogen-bond donors (Lipinski definition) is 0. The lowest BCUT2D eigenvalue weighted by molar-refractivity contribution is 0.666. The van der Waals surface area contributed by atoms with Gasteiger partial charge in [-0.3, -0.25) is 0 Å². The van der Waals surface area contributed by atoms with Gasteiger partial charge in [0.2, 0.25) is 0 Å². The molecule has 11 rings (SSSR count). The van der Waals surface area contributed by atoms with Gasteiger partial charge >= 0.3 is 0 Å². The van der Waals surface area contributed by atoms with Crippen molar-refractivity contribution < 1.29 is 4.42 Å². The Balaban J connectivity index is 1.26. The van der Waals surface area contributed by atoms with E-state index in [2.05, 4.69) is 191 Å². The minimum absolute atomic E-state index is 0.886. The average Bonchev–Trinajstić information content (AvgIpc) is 3.87. The van der Waals surface area contributed by atoms with Crippen LogP contribution in [0.4, 0.5) is 0 Å². The van der Waals surface area contributed by atoms with Crippen molar-refractivity contribution in [1.82, 2.24) is 9.13 Å². The molecule has 0 fully saturated rings. The summed E-state index contributed by atoms with van der Waals surface area (Å²) in [6.45, 7) is 0. The Bertz CT molecular complexity index is 3130. The van der Waals surface area contributed by atoms with Gasteiger partial charge in [0.25, 0.3) is 0 Å². The lowest BCUT2D eigenvalue weighted by atomic mass is 9.97. The molecule has 3 nitrogen and oxygen atoms in total. The molecule has 0 saturated heterocycles. The quantitative estimate of drug-likeness (QED) is 0.186. The summed E-state index contributed by atoms with van der Waals surface area (Å²) in [5.74, 6) is 0. The van der Waals surface area contributed by atoms with Crippen LogP contribution in [0.3, 0.4) is 0 Å². The van der Waals surface area contributed by atoms with Crippen LogP contribution >= 0.6 is 0 Å². The van der Waals surface area contributed by atoms with Crippen molar-refractivity contribution in [1.29, 1.82) is 0 Å². The Hall–Kier alpha value is -6.84. The van der Waals surface area contributed by atoms with Crippen LogP contribution in [0.25, 0.3) is 99.2 Å². The fraction of sp³-hybridized carbons (Fsp3) is 0. The topological polar surface area (TPSA) is 23.0 Å². The summed E-state index contributed by atoms with van der Waals surface area (Å²) < 4.78 is 11.6. The van der Waals surface area contributed by atoms with Crippen molar-refractivity contribution in [3.8, 4) is 33.6 Å². The monoisotopic (exact) mass is 650 g/mol. The molecule has 0 radical (unpaired) electrons. The van der Waals surface area contributed by atoms with Gasteiger partial charge in [0, 0.05) is 43.6 Å². The molecule has 11 aromatic rings. The second kappa shape index (κ2) is 10.8. The van der Waals surface area contributed by atoms with E-state index < -0.39 is 0 Å². The predicted octanol–water partition coefficient (Wildman–Crippen LogP) is 13.1. The number of nitrogens with zero attached hydrogens (tertiary/aromatic N) is 2. The van der Waals surface area contributed by atoms with E-state index in [4.69, 9.17) is 4.42 Å². The molecule has 0 saturated carbocycles. The predicted molar refractivity (Wildman–Crippen MR) is 213 cm³/mol. The number of aromatic nitrogens is 2. The van der Waals surface area contributed by atoms with Crippen LogP contribution in [0.15, 0.2) is 186 Å². The van der Waals surface area contributed by atoms with Crippen LogP contribution in [-0.2, 0) is 0 Å². The van der Waals surface area contributed by atoms with Crippen LogP contribution < -0.4 is 0 Å². The molecular weight excluding hydrogens is 621 g/mol. The van der Waals surface area contributed by atoms with Crippen LogP contribution in [0.1, 0.15) is 0 Å². The minimum atomic E-state index is 0.886. The van der Waals surface area contributed by atoms with Crippen LogP contribution in [0, 0.1) is 0 Å². The van der Waals surface area contributed by atoms with Gasteiger partial charge < -0.3 is 13.6 Å². The van der Waals surface area contributed by atoms with Crippen molar-refractivity contribution >= 4 is 65.6 Å². The van der Waals surface area contributed by atoms with Crippen molar-refractivity contribution in [3.63, 3.8) is 0 Å². The van der Waals surface area contributed by atoms with E-state index in [-0.39, 0.29) is 0 Å². The molecular formula is C48H30N2O. The van der Waals surface area contributed by atoms with Crippen molar-refractivity contribution in [2.45, 2.75) is 0 Å². The number of hydrogen-bond acceptors (Lipinski definition) is 1. The highest BCUT2D eigenvalue weighted by molar-refractivity contribution is 6.22. The fourth-order valence-electron chi connectivity index (χ4n) is 8.43. The van der Waals surface area contributed by atoms with Crippen LogP contribution in [0.2, 0.25) is 0 Å². The standard InChI is InChI=1S/C48H30N2O/c1-3-15-31(16-4-1)33-29-30-43(48-46(33)39-21-9-12-28-44(39)51-48)50-41-26-11-8-20-38(41)45-35(22-14-27-42(45)50)37-24-13-23-36-34-19-7-10-25-40(34)49(47(36)37)32-17-5-2-6-18-32/h1-30H. The summed E-state index contributed by atoms with van der Waals surface area (Å²) in [7, 11) is 0. The van der Waals surface area contributed by atoms with Gasteiger partial charge in [-0.25, -0.2) is 0 Å². The Kier molecular flexibility index (Phi) is 5.96. The average molecular weight is 651 g/mol. The first-order valence-electron chi connectivity index (χ1n) is 17.5. The molecule has 3 aromatic heterocycles. The van der Waals surface area contributed by atoms with Gasteiger partial charge in [0.1, 0.15) is 5.58 Å². The zero-order valence-electron chi connectivity index (χ0n) is 27.6. The van der Waals surface area contributed by atoms with E-state index >= 15 is 0 Å². The molecule has 0 spiro atoms. The molecule has 0 unspecified atom stereocenters. The summed E-state index contributed by atoms with van der Waals surface area (Å²) in [4.78, 5) is 0. The van der Waals surface area contributed by atoms with Gasteiger partial charge in [-0.05, 0) is 59.2 Å². The first-order chi connectivity index (χ1) is 25.3. The van der Waals surface area contributed by atoms with Crippen LogP contribution in [0.5, 0.6) is 0 Å². The van der Waals surface area contributed by atoms with Crippen molar-refractivity contribution in [3.05, 3.63) is 182 Å². The summed E-state index contributed by atoms with van der Waals surface area (Å²) in [6, 6.07) is 65.3. The molecule has 0 N–H and O–H groups in total. The SMILES string of the molecule is c1ccc(-c2ccc(-n3c4ccccc4c4c(-c5cccc6c7ccccc7n(-c7ccccc7)c56)cccc43)c3oc4ccccc4c23)cc1. The van der Waals surface area contributed by atoms with Crippen molar-refractivity contribution in [2.75, 3.05) is 0 Å². The van der Waals surface area contributed by atoms with Gasteiger partial charge in [-0.2, -0.15) is 0 Å². The Labute approximate surface area is 293 Å². The van der Waals surface area contributed by atoms with E-state index in [1.165, 1.54) is 54.8 Å². The molecule has 0 bridgehead atoms. The highest BCUT2D eigenvalue weighted by atomic mass is 16.3. The Morgan fingerprint density at radius 1 is 0.353 bits per heavy atom. The third kappa shape index (κ3) is 4.00. The second-order valence-corrected chi connectivity index (χ2v) is 13.2. The Morgan fingerprint density at radius 3 is 1.78 bits per heavy atom. The molecule has 8 aromatic carbocycles. The maximum absolute atomic E-state index is 6.81. The molecule has 0 aliphatic carbocycles. The van der Waals surface area contributed by atoms with Gasteiger partial charge in [-0.1, -0.05) is 140 Å². The zero-order valence-corrected chi connectivity index (χ0v) is 27.6. The summed E-state index contributed by atoms with van der Waals surface area (Å²) in [5.41, 5.74) is 13.4. The lowest BCUT2D eigenvalue weighted by Crippen LogP contribution is -1.96. The van der Waals surface area contributed by atoms with E-state index in [1.54, 1.807) is 0 Å². The van der Waals surface area contributed by atoms with Crippen LogP contribution in [-0.4, -0.2) is 9.13 Å². The third-order valence-corrected chi connectivity index (χ3v) is 10.5. The normalized spacial score (nSPS) is 11.9. The fourth-order valence-corrected chi connectivity index (χ4v) is 8.43. The first-order valence-corrected chi connectivity index (χ1v) is 17.5. The summed E-state index contributed by atoms with van der Waals surface area (Å²) in [5, 5.41) is 7.18. The molecule has 238 valence electrons. The first kappa shape index (κ1) is 28.0. The third-order valence-electron chi connectivity index (χ3n) is 10.5. The number of para-hydroxylation sites is 5. The number of furan rings is 1. The smallest absolute Gasteiger partial charge is 0.160 e. The molecule has 3 heterocycles. The highest BCUT2D eigenvalue weighted by Gasteiger charge is 2.23. The Morgan fingerprint density at radius 2 is 0.961 bits per heavy atom. The molecule has 51 heavy (non-hydrogen) atoms. The number of fused-ring (bicyclic) bond motifs is 9. The minimum Gasteiger partial charge on any atom is -0.454 e. The number of benzene rings is 8. The zero-order chi connectivity index (χ0) is 33.5. The summed E-state index contributed by atoms with van der Waals surface area (Å²) >= 11 is 0. The second-order valence-electron chi connectivity index (χ2n) is 13.2. The highest BCUT2D eigenvalue weighted by Crippen LogP contribution is 2.46. The van der Waals surface area contributed by atoms with Gasteiger partial charge in [-0.15, -0.1) is 0 Å².